The Labute approximate surface area is 109 Å². The molecule has 3 heteroatoms. The fourth-order valence-corrected chi connectivity index (χ4v) is 3.49. The molecule has 1 saturated carbocycles. The average molecular weight is 252 g/mol. The molecule has 3 nitrogen and oxygen atoms in total. The van der Waals surface area contributed by atoms with E-state index >= 15 is 0 Å². The van der Waals surface area contributed by atoms with Crippen molar-refractivity contribution in [2.45, 2.75) is 58.2 Å². The number of furan rings is 1. The molecule has 1 fully saturated rings. The van der Waals surface area contributed by atoms with Crippen LogP contribution >= 0.6 is 0 Å². The van der Waals surface area contributed by atoms with Gasteiger partial charge in [-0.25, -0.2) is 0 Å². The van der Waals surface area contributed by atoms with E-state index in [2.05, 4.69) is 13.8 Å². The lowest BCUT2D eigenvalue weighted by Gasteiger charge is -2.48. The molecule has 0 spiro atoms. The normalized spacial score (nSPS) is 33.3. The smallest absolute Gasteiger partial charge is 0.0960 e. The first-order chi connectivity index (χ1) is 8.33. The standard InChI is InChI=1S/C15H24O3/c1-14(2)6-4-7-15(3,17)13(14)9-12(16)11-5-8-18-10-11/h5,8,10,12-13,16-17H,4,6-7,9H2,1-3H3/t12-,13-,15-/m0/s1. The highest BCUT2D eigenvalue weighted by Crippen LogP contribution is 2.49. The van der Waals surface area contributed by atoms with Gasteiger partial charge in [-0.15, -0.1) is 0 Å². The van der Waals surface area contributed by atoms with Crippen LogP contribution in [0.3, 0.4) is 0 Å². The molecular formula is C15H24O3. The van der Waals surface area contributed by atoms with Gasteiger partial charge in [0, 0.05) is 5.56 Å². The van der Waals surface area contributed by atoms with Crippen molar-refractivity contribution in [3.05, 3.63) is 24.2 Å². The third kappa shape index (κ3) is 2.62. The average Bonchev–Trinajstić information content (AvgIpc) is 2.76. The molecule has 0 radical (unpaired) electrons. The Balaban J connectivity index is 2.14. The van der Waals surface area contributed by atoms with Crippen LogP contribution in [0.4, 0.5) is 0 Å². The first-order valence-electron chi connectivity index (χ1n) is 6.75. The van der Waals surface area contributed by atoms with E-state index in [0.29, 0.717) is 6.42 Å². The van der Waals surface area contributed by atoms with Gasteiger partial charge in [-0.2, -0.15) is 0 Å². The van der Waals surface area contributed by atoms with E-state index in [1.165, 1.54) is 0 Å². The first kappa shape index (κ1) is 13.6. The summed E-state index contributed by atoms with van der Waals surface area (Å²) >= 11 is 0. The van der Waals surface area contributed by atoms with E-state index < -0.39 is 11.7 Å². The van der Waals surface area contributed by atoms with Crippen molar-refractivity contribution in [3.8, 4) is 0 Å². The Morgan fingerprint density at radius 2 is 2.11 bits per heavy atom. The van der Waals surface area contributed by atoms with E-state index in [1.54, 1.807) is 18.6 Å². The van der Waals surface area contributed by atoms with Crippen LogP contribution in [0.25, 0.3) is 0 Å². The summed E-state index contributed by atoms with van der Waals surface area (Å²) in [6.07, 6.45) is 6.15. The lowest BCUT2D eigenvalue weighted by Crippen LogP contribution is -2.47. The molecule has 1 heterocycles. The summed E-state index contributed by atoms with van der Waals surface area (Å²) in [7, 11) is 0. The number of rotatable bonds is 3. The predicted octanol–water partition coefficient (Wildman–Crippen LogP) is 3.28. The summed E-state index contributed by atoms with van der Waals surface area (Å²) in [6.45, 7) is 6.28. The van der Waals surface area contributed by atoms with Gasteiger partial charge in [-0.05, 0) is 43.6 Å². The second-order valence-electron chi connectivity index (χ2n) is 6.56. The van der Waals surface area contributed by atoms with Gasteiger partial charge in [0.2, 0.25) is 0 Å². The molecule has 0 aliphatic heterocycles. The maximum atomic E-state index is 10.6. The van der Waals surface area contributed by atoms with Gasteiger partial charge in [0.25, 0.3) is 0 Å². The molecule has 1 aliphatic rings. The summed E-state index contributed by atoms with van der Waals surface area (Å²) < 4.78 is 5.01. The quantitative estimate of drug-likeness (QED) is 0.868. The van der Waals surface area contributed by atoms with Gasteiger partial charge in [-0.1, -0.05) is 20.3 Å². The number of hydrogen-bond acceptors (Lipinski definition) is 3. The summed E-state index contributed by atoms with van der Waals surface area (Å²) in [5, 5.41) is 20.8. The molecule has 2 rings (SSSR count). The molecule has 0 amide bonds. The molecule has 0 aromatic carbocycles. The van der Waals surface area contributed by atoms with Crippen molar-refractivity contribution in [3.63, 3.8) is 0 Å². The summed E-state index contributed by atoms with van der Waals surface area (Å²) in [6, 6.07) is 1.79. The molecule has 1 aromatic heterocycles. The predicted molar refractivity (Wildman–Crippen MR) is 70.0 cm³/mol. The topological polar surface area (TPSA) is 53.6 Å². The Hall–Kier alpha value is -0.800. The Kier molecular flexibility index (Phi) is 3.56. The van der Waals surface area contributed by atoms with Gasteiger partial charge < -0.3 is 14.6 Å². The maximum absolute atomic E-state index is 10.6. The second kappa shape index (κ2) is 4.71. The SMILES string of the molecule is CC1(C)CCC[C@](C)(O)[C@H]1C[C@H](O)c1ccoc1. The first-order valence-corrected chi connectivity index (χ1v) is 6.75. The van der Waals surface area contributed by atoms with Crippen molar-refractivity contribution in [2.24, 2.45) is 11.3 Å². The highest BCUT2D eigenvalue weighted by Gasteiger charge is 2.46. The van der Waals surface area contributed by atoms with Crippen LogP contribution < -0.4 is 0 Å². The largest absolute Gasteiger partial charge is 0.472 e. The Morgan fingerprint density at radius 3 is 2.67 bits per heavy atom. The minimum atomic E-state index is -0.688. The monoisotopic (exact) mass is 252 g/mol. The highest BCUT2D eigenvalue weighted by atomic mass is 16.3. The molecular weight excluding hydrogens is 228 g/mol. The number of hydrogen-bond donors (Lipinski definition) is 2. The molecule has 2 N–H and O–H groups in total. The molecule has 0 unspecified atom stereocenters. The van der Waals surface area contributed by atoms with Crippen LogP contribution in [-0.2, 0) is 0 Å². The zero-order valence-electron chi connectivity index (χ0n) is 11.5. The van der Waals surface area contributed by atoms with Crippen molar-refractivity contribution < 1.29 is 14.6 Å². The zero-order valence-corrected chi connectivity index (χ0v) is 11.5. The van der Waals surface area contributed by atoms with Gasteiger partial charge >= 0.3 is 0 Å². The van der Waals surface area contributed by atoms with E-state index in [1.807, 2.05) is 6.92 Å². The summed E-state index contributed by atoms with van der Waals surface area (Å²) in [5.74, 6) is 0.101. The molecule has 0 bridgehead atoms. The van der Waals surface area contributed by atoms with Crippen LogP contribution in [0.2, 0.25) is 0 Å². The lowest BCUT2D eigenvalue weighted by atomic mass is 9.60. The van der Waals surface area contributed by atoms with Crippen molar-refractivity contribution >= 4 is 0 Å². The zero-order chi connectivity index (χ0) is 13.4. The van der Waals surface area contributed by atoms with Gasteiger partial charge in [0.15, 0.2) is 0 Å². The third-order valence-electron chi connectivity index (χ3n) is 4.58. The summed E-state index contributed by atoms with van der Waals surface area (Å²) in [5.41, 5.74) is 0.172. The highest BCUT2D eigenvalue weighted by molar-refractivity contribution is 5.10. The lowest BCUT2D eigenvalue weighted by molar-refractivity contribution is -0.105. The number of aliphatic hydroxyl groups is 2. The Bertz CT molecular complexity index is 362. The van der Waals surface area contributed by atoms with E-state index in [0.717, 1.165) is 24.8 Å². The molecule has 0 saturated heterocycles. The fraction of sp³-hybridized carbons (Fsp3) is 0.733. The van der Waals surface area contributed by atoms with Crippen molar-refractivity contribution in [1.82, 2.24) is 0 Å². The minimum absolute atomic E-state index is 0.0620. The van der Waals surface area contributed by atoms with E-state index in [9.17, 15) is 10.2 Å². The van der Waals surface area contributed by atoms with Gasteiger partial charge in [0.05, 0.1) is 24.2 Å². The van der Waals surface area contributed by atoms with Crippen LogP contribution in [0.1, 0.15) is 58.1 Å². The van der Waals surface area contributed by atoms with Crippen molar-refractivity contribution in [1.29, 1.82) is 0 Å². The van der Waals surface area contributed by atoms with E-state index in [4.69, 9.17) is 4.42 Å². The molecule has 102 valence electrons. The van der Waals surface area contributed by atoms with Crippen LogP contribution in [0.5, 0.6) is 0 Å². The van der Waals surface area contributed by atoms with Crippen LogP contribution in [0, 0.1) is 11.3 Å². The van der Waals surface area contributed by atoms with Gasteiger partial charge in [-0.3, -0.25) is 0 Å². The van der Waals surface area contributed by atoms with Crippen LogP contribution in [-0.4, -0.2) is 15.8 Å². The Morgan fingerprint density at radius 1 is 1.39 bits per heavy atom. The fourth-order valence-electron chi connectivity index (χ4n) is 3.49. The van der Waals surface area contributed by atoms with Gasteiger partial charge in [0.1, 0.15) is 0 Å². The van der Waals surface area contributed by atoms with Crippen LogP contribution in [0.15, 0.2) is 23.0 Å². The summed E-state index contributed by atoms with van der Waals surface area (Å²) in [4.78, 5) is 0. The van der Waals surface area contributed by atoms with Crippen molar-refractivity contribution in [2.75, 3.05) is 0 Å². The molecule has 3 atom stereocenters. The minimum Gasteiger partial charge on any atom is -0.472 e. The second-order valence-corrected chi connectivity index (χ2v) is 6.56. The molecule has 18 heavy (non-hydrogen) atoms. The number of aliphatic hydroxyl groups excluding tert-OH is 1. The third-order valence-corrected chi connectivity index (χ3v) is 4.58. The maximum Gasteiger partial charge on any atom is 0.0960 e. The van der Waals surface area contributed by atoms with E-state index in [-0.39, 0.29) is 11.3 Å². The molecule has 1 aromatic rings. The molecule has 1 aliphatic carbocycles.